The van der Waals surface area contributed by atoms with Crippen LogP contribution in [0.2, 0.25) is 6.82 Å². The van der Waals surface area contributed by atoms with Crippen molar-refractivity contribution in [3.63, 3.8) is 0 Å². The van der Waals surface area contributed by atoms with Gasteiger partial charge in [0.05, 0.1) is 0 Å². The fraction of sp³-hybridized carbons (Fsp3) is 1.00. The van der Waals surface area contributed by atoms with Crippen LogP contribution >= 0.6 is 0 Å². The van der Waals surface area contributed by atoms with Crippen molar-refractivity contribution in [2.24, 2.45) is 10.1 Å². The van der Waals surface area contributed by atoms with Crippen molar-refractivity contribution in [1.82, 2.24) is 0 Å². The summed E-state index contributed by atoms with van der Waals surface area (Å²) in [5.41, 5.74) is 0. The molecule has 0 fully saturated rings. The molecule has 4 nitrogen and oxygen atoms in total. The third kappa shape index (κ3) is 5.49. The van der Waals surface area contributed by atoms with Gasteiger partial charge >= 0.3 is 47.3 Å². The van der Waals surface area contributed by atoms with Crippen LogP contribution in [-0.4, -0.2) is 25.7 Å². The van der Waals surface area contributed by atoms with Gasteiger partial charge in [0, 0.05) is 0 Å². The molecule has 0 amide bonds. The summed E-state index contributed by atoms with van der Waals surface area (Å²) in [4.78, 5) is 0. The molecule has 0 unspecified atom stereocenters. The molecule has 0 atom stereocenters. The molecule has 0 aromatic rings. The van der Waals surface area contributed by atoms with Gasteiger partial charge in [-0.2, -0.15) is 0 Å². The third-order valence-electron chi connectivity index (χ3n) is 0.405. The van der Waals surface area contributed by atoms with Gasteiger partial charge in [-0.25, -0.2) is 0 Å². The van der Waals surface area contributed by atoms with E-state index in [2.05, 4.69) is 10.1 Å². The Morgan fingerprint density at radius 3 is 2.88 bits per heavy atom. The topological polar surface area (TPSA) is 62.0 Å². The molecule has 0 aromatic carbocycles. The van der Waals surface area contributed by atoms with E-state index in [9.17, 15) is 4.70 Å². The van der Waals surface area contributed by atoms with E-state index < -0.39 is 7.05 Å². The van der Waals surface area contributed by atoms with E-state index in [1.165, 1.54) is 6.82 Å². The summed E-state index contributed by atoms with van der Waals surface area (Å²) >= 11 is 0. The molecule has 0 saturated carbocycles. The molecule has 0 saturated heterocycles. The predicted molar refractivity (Wildman–Crippen MR) is 30.0 cm³/mol. The summed E-state index contributed by atoms with van der Waals surface area (Å²) in [6, 6.07) is 0. The van der Waals surface area contributed by atoms with Crippen LogP contribution in [0.25, 0.3) is 0 Å². The summed E-state index contributed by atoms with van der Waals surface area (Å²) in [6.45, 7) is 1.47. The normalized spacial score (nSPS) is 9.25. The van der Waals surface area contributed by atoms with E-state index in [0.717, 1.165) is 0 Å². The Labute approximate surface area is 48.4 Å². The van der Waals surface area contributed by atoms with Gasteiger partial charge < -0.3 is 0 Å². The van der Waals surface area contributed by atoms with Crippen molar-refractivity contribution in [3.8, 4) is 0 Å². The Kier molecular flexibility index (Phi) is 4.35. The van der Waals surface area contributed by atoms with Gasteiger partial charge in [0.1, 0.15) is 0 Å². The average Bonchev–Trinajstić information content (AvgIpc) is 1.66. The van der Waals surface area contributed by atoms with Crippen LogP contribution in [0.5, 0.6) is 0 Å². The van der Waals surface area contributed by atoms with Crippen molar-refractivity contribution >= 4 is 14.2 Å². The summed E-state index contributed by atoms with van der Waals surface area (Å²) in [5, 5.41) is 15.0. The first-order valence-corrected chi connectivity index (χ1v) is 2.25. The fourth-order valence-corrected chi connectivity index (χ4v) is 0.199. The molecule has 0 aliphatic heterocycles. The van der Waals surface area contributed by atoms with Crippen LogP contribution in [0.15, 0.2) is 10.1 Å². The Hall–Kier alpha value is -0.510. The molecule has 1 N–H and O–H groups in total. The molecule has 0 aliphatic rings. The van der Waals surface area contributed by atoms with Gasteiger partial charge in [-0.05, 0) is 0 Å². The van der Waals surface area contributed by atoms with Crippen LogP contribution in [0, 0.1) is 0 Å². The first-order chi connectivity index (χ1) is 3.77. The number of hydrogen-bond donors (Lipinski definition) is 1. The van der Waals surface area contributed by atoms with Crippen molar-refractivity contribution in [2.45, 2.75) is 6.82 Å². The Balaban J connectivity index is 3.19. The zero-order valence-electron chi connectivity index (χ0n) is 4.61. The summed E-state index contributed by atoms with van der Waals surface area (Å²) in [6.07, 6.45) is 0.0326. The van der Waals surface area contributed by atoms with Crippen molar-refractivity contribution in [3.05, 3.63) is 0 Å². The Bertz CT molecular complexity index is 94.0. The van der Waals surface area contributed by atoms with Crippen molar-refractivity contribution in [2.75, 3.05) is 6.44 Å². The minimum absolute atomic E-state index is 0.0326. The van der Waals surface area contributed by atoms with E-state index in [0.29, 0.717) is 7.15 Å². The van der Waals surface area contributed by atoms with Gasteiger partial charge in [0.15, 0.2) is 0 Å². The average molecular weight is 112 g/mol. The fourth-order valence-electron chi connectivity index (χ4n) is 0.199. The second-order valence-electron chi connectivity index (χ2n) is 1.24. The second-order valence-corrected chi connectivity index (χ2v) is 1.24. The van der Waals surface area contributed by atoms with Gasteiger partial charge in [-0.1, -0.05) is 0 Å². The maximum absolute atomic E-state index is 9.55. The Morgan fingerprint density at radius 1 is 1.88 bits per heavy atom. The van der Waals surface area contributed by atoms with Crippen molar-refractivity contribution in [1.29, 1.82) is 0 Å². The molecule has 42 valence electrons. The van der Waals surface area contributed by atoms with E-state index in [4.69, 9.17) is 5.02 Å². The minimum atomic E-state index is -0.796. The van der Waals surface area contributed by atoms with Crippen LogP contribution in [0.3, 0.4) is 0 Å². The van der Waals surface area contributed by atoms with Gasteiger partial charge in [-0.15, -0.1) is 0 Å². The van der Waals surface area contributed by atoms with Gasteiger partial charge in [-0.3, -0.25) is 0 Å². The van der Waals surface area contributed by atoms with E-state index in [-0.39, 0.29) is 6.44 Å². The molecule has 0 spiro atoms. The molecule has 0 radical (unpaired) electrons. The molecule has 0 aromatic heterocycles. The molecule has 0 bridgehead atoms. The first-order valence-electron chi connectivity index (χ1n) is 2.25. The van der Waals surface area contributed by atoms with Gasteiger partial charge in [0.25, 0.3) is 0 Å². The molecular weight excluding hydrogens is 106 g/mol. The zero-order valence-corrected chi connectivity index (χ0v) is 4.61. The van der Waals surface area contributed by atoms with Crippen LogP contribution in [0.4, 0.5) is 0 Å². The van der Waals surface area contributed by atoms with Crippen LogP contribution in [-0.2, 0) is 4.70 Å². The standard InChI is InChI=1S/C2H6B2N2O2/c1-4(8)6-5-2-3-7/h8H,2H2,1H3. The number of hydrogen-bond acceptors (Lipinski definition) is 4. The zero-order chi connectivity index (χ0) is 6.41. The van der Waals surface area contributed by atoms with Gasteiger partial charge in [0.2, 0.25) is 0 Å². The Morgan fingerprint density at radius 2 is 2.50 bits per heavy atom. The number of rotatable bonds is 3. The quantitative estimate of drug-likeness (QED) is 0.397. The number of nitrogens with zero attached hydrogens (tertiary/aromatic N) is 2. The molecule has 6 heteroatoms. The second kappa shape index (κ2) is 4.64. The van der Waals surface area contributed by atoms with Crippen LogP contribution in [0.1, 0.15) is 0 Å². The predicted octanol–water partition coefficient (Wildman–Crippen LogP) is -0.444. The van der Waals surface area contributed by atoms with E-state index >= 15 is 0 Å². The van der Waals surface area contributed by atoms with E-state index in [1.54, 1.807) is 0 Å². The molecule has 0 rings (SSSR count). The van der Waals surface area contributed by atoms with Crippen LogP contribution < -0.4 is 0 Å². The summed E-state index contributed by atoms with van der Waals surface area (Å²) in [5.74, 6) is 0. The molecule has 0 heterocycles. The SMILES string of the molecule is CB(O)N=NCB=O. The first kappa shape index (κ1) is 7.49. The van der Waals surface area contributed by atoms with Crippen molar-refractivity contribution < 1.29 is 9.73 Å². The molecular formula is C2H6B2N2O2. The summed E-state index contributed by atoms with van der Waals surface area (Å²) < 4.78 is 9.55. The summed E-state index contributed by atoms with van der Waals surface area (Å²) in [7, 11) is -0.179. The molecule has 0 aliphatic carbocycles. The van der Waals surface area contributed by atoms with E-state index in [1.807, 2.05) is 0 Å². The molecule has 8 heavy (non-hydrogen) atoms. The monoisotopic (exact) mass is 112 g/mol. The third-order valence-corrected chi connectivity index (χ3v) is 0.405. The maximum atomic E-state index is 9.55.